The van der Waals surface area contributed by atoms with Crippen molar-refractivity contribution in [3.63, 3.8) is 0 Å². The summed E-state index contributed by atoms with van der Waals surface area (Å²) in [6, 6.07) is 0.162. The van der Waals surface area contributed by atoms with Crippen molar-refractivity contribution >= 4 is 0 Å². The highest BCUT2D eigenvalue weighted by molar-refractivity contribution is 5.17. The van der Waals surface area contributed by atoms with E-state index in [-0.39, 0.29) is 5.56 Å². The van der Waals surface area contributed by atoms with E-state index < -0.39 is 24.5 Å². The largest absolute Gasteiger partial charge is 0.390 e. The van der Waals surface area contributed by atoms with Gasteiger partial charge in [0.05, 0.1) is 12.6 Å². The third-order valence-electron chi connectivity index (χ3n) is 1.96. The molecule has 0 saturated heterocycles. The van der Waals surface area contributed by atoms with E-state index in [0.717, 1.165) is 6.20 Å². The highest BCUT2D eigenvalue weighted by Crippen LogP contribution is 2.29. The molecular formula is C9H10F4N2. The lowest BCUT2D eigenvalue weighted by Gasteiger charge is -2.18. The average Bonchev–Trinajstić information content (AvgIpc) is 2.14. The first-order valence-corrected chi connectivity index (χ1v) is 4.27. The summed E-state index contributed by atoms with van der Waals surface area (Å²) in [7, 11) is 1.36. The van der Waals surface area contributed by atoms with E-state index in [1.54, 1.807) is 0 Å². The van der Waals surface area contributed by atoms with E-state index in [1.807, 2.05) is 0 Å². The van der Waals surface area contributed by atoms with Crippen molar-refractivity contribution in [2.75, 3.05) is 7.05 Å². The first kappa shape index (κ1) is 11.9. The molecule has 0 spiro atoms. The Morgan fingerprint density at radius 1 is 1.47 bits per heavy atom. The van der Waals surface area contributed by atoms with Crippen molar-refractivity contribution in [2.45, 2.75) is 18.6 Å². The van der Waals surface area contributed by atoms with Crippen LogP contribution in [0.5, 0.6) is 0 Å². The Kier molecular flexibility index (Phi) is 3.62. The smallest absolute Gasteiger partial charge is 0.313 e. The van der Waals surface area contributed by atoms with Crippen LogP contribution in [-0.2, 0) is 0 Å². The van der Waals surface area contributed by atoms with Crippen molar-refractivity contribution < 1.29 is 17.6 Å². The minimum Gasteiger partial charge on any atom is -0.313 e. The molecule has 1 N–H and O–H groups in total. The van der Waals surface area contributed by atoms with Crippen molar-refractivity contribution in [1.29, 1.82) is 0 Å². The van der Waals surface area contributed by atoms with E-state index in [9.17, 15) is 17.6 Å². The number of hydrogen-bond donors (Lipinski definition) is 1. The summed E-state index contributed by atoms with van der Waals surface area (Å²) in [6.45, 7) is 0. The summed E-state index contributed by atoms with van der Waals surface area (Å²) in [5.41, 5.74) is -0.0233. The normalized spacial score (nSPS) is 13.9. The number of hydrogen-bond acceptors (Lipinski definition) is 2. The van der Waals surface area contributed by atoms with Gasteiger partial charge in [0.25, 0.3) is 0 Å². The van der Waals surface area contributed by atoms with E-state index in [0.29, 0.717) is 0 Å². The number of rotatable bonds is 3. The zero-order valence-corrected chi connectivity index (χ0v) is 7.98. The molecule has 1 aromatic heterocycles. The third-order valence-corrected chi connectivity index (χ3v) is 1.96. The number of halogens is 4. The lowest BCUT2D eigenvalue weighted by atomic mass is 10.0. The molecule has 1 heterocycles. The standard InChI is InChI=1S/C9H10F4N2/c1-14-8(4-9(11,12)13)6-2-3-15-5-7(6)10/h2-3,5,8,14H,4H2,1H3. The molecule has 0 aromatic carbocycles. The molecule has 6 heteroatoms. The van der Waals surface area contributed by atoms with Gasteiger partial charge in [-0.2, -0.15) is 13.2 Å². The molecule has 1 rings (SSSR count). The van der Waals surface area contributed by atoms with Crippen LogP contribution >= 0.6 is 0 Å². The van der Waals surface area contributed by atoms with Crippen LogP contribution in [0.15, 0.2) is 18.5 Å². The average molecular weight is 222 g/mol. The summed E-state index contributed by atoms with van der Waals surface area (Å²) in [5.74, 6) is -0.735. The van der Waals surface area contributed by atoms with Crippen molar-refractivity contribution in [1.82, 2.24) is 10.3 Å². The van der Waals surface area contributed by atoms with Crippen molar-refractivity contribution in [2.24, 2.45) is 0 Å². The van der Waals surface area contributed by atoms with Crippen LogP contribution in [0.4, 0.5) is 17.6 Å². The van der Waals surface area contributed by atoms with Gasteiger partial charge in [-0.15, -0.1) is 0 Å². The molecule has 0 radical (unpaired) electrons. The zero-order chi connectivity index (χ0) is 11.5. The molecule has 2 nitrogen and oxygen atoms in total. The fourth-order valence-corrected chi connectivity index (χ4v) is 1.27. The minimum atomic E-state index is -4.33. The molecule has 1 unspecified atom stereocenters. The SMILES string of the molecule is CNC(CC(F)(F)F)c1ccncc1F. The molecule has 0 fully saturated rings. The van der Waals surface area contributed by atoms with Crippen LogP contribution in [0.2, 0.25) is 0 Å². The minimum absolute atomic E-state index is 0.0233. The maximum atomic E-state index is 13.1. The molecule has 1 aromatic rings. The summed E-state index contributed by atoms with van der Waals surface area (Å²) in [5, 5.41) is 2.43. The molecule has 15 heavy (non-hydrogen) atoms. The van der Waals surface area contributed by atoms with E-state index in [1.165, 1.54) is 19.3 Å². The monoisotopic (exact) mass is 222 g/mol. The Bertz CT molecular complexity index is 324. The third kappa shape index (κ3) is 3.47. The Labute approximate surface area is 84.3 Å². The number of pyridine rings is 1. The number of nitrogens with one attached hydrogen (secondary N) is 1. The maximum absolute atomic E-state index is 13.1. The first-order valence-electron chi connectivity index (χ1n) is 4.27. The van der Waals surface area contributed by atoms with Crippen LogP contribution in [0.25, 0.3) is 0 Å². The van der Waals surface area contributed by atoms with Gasteiger partial charge in [0.15, 0.2) is 0 Å². The van der Waals surface area contributed by atoms with Gasteiger partial charge in [0, 0.05) is 17.8 Å². The lowest BCUT2D eigenvalue weighted by Crippen LogP contribution is -2.24. The summed E-state index contributed by atoms with van der Waals surface area (Å²) < 4.78 is 49.5. The van der Waals surface area contributed by atoms with Crippen LogP contribution in [0.3, 0.4) is 0 Å². The first-order chi connectivity index (χ1) is 6.94. The van der Waals surface area contributed by atoms with Gasteiger partial charge in [0.2, 0.25) is 0 Å². The predicted molar refractivity (Wildman–Crippen MR) is 46.7 cm³/mol. The van der Waals surface area contributed by atoms with Gasteiger partial charge in [-0.3, -0.25) is 4.98 Å². The topological polar surface area (TPSA) is 24.9 Å². The Hall–Kier alpha value is -1.17. The Morgan fingerprint density at radius 2 is 2.13 bits per heavy atom. The molecule has 0 aliphatic carbocycles. The second-order valence-corrected chi connectivity index (χ2v) is 3.06. The molecule has 0 aliphatic heterocycles. The molecule has 0 amide bonds. The van der Waals surface area contributed by atoms with Gasteiger partial charge in [-0.25, -0.2) is 4.39 Å². The molecule has 84 valence electrons. The van der Waals surface area contributed by atoms with Crippen molar-refractivity contribution in [3.05, 3.63) is 29.8 Å². The maximum Gasteiger partial charge on any atom is 0.390 e. The number of nitrogens with zero attached hydrogens (tertiary/aromatic N) is 1. The zero-order valence-electron chi connectivity index (χ0n) is 7.98. The van der Waals surface area contributed by atoms with Gasteiger partial charge in [-0.1, -0.05) is 0 Å². The second-order valence-electron chi connectivity index (χ2n) is 3.06. The Morgan fingerprint density at radius 3 is 2.60 bits per heavy atom. The molecule has 0 bridgehead atoms. The van der Waals surface area contributed by atoms with E-state index >= 15 is 0 Å². The van der Waals surface area contributed by atoms with Crippen LogP contribution in [0, 0.1) is 5.82 Å². The molecule has 1 atom stereocenters. The van der Waals surface area contributed by atoms with Crippen LogP contribution in [0.1, 0.15) is 18.0 Å². The Balaban J connectivity index is 2.88. The highest BCUT2D eigenvalue weighted by Gasteiger charge is 2.32. The fourth-order valence-electron chi connectivity index (χ4n) is 1.27. The van der Waals surface area contributed by atoms with E-state index in [4.69, 9.17) is 0 Å². The molecule has 0 aliphatic rings. The lowest BCUT2D eigenvalue weighted by molar-refractivity contribution is -0.140. The second kappa shape index (κ2) is 4.57. The van der Waals surface area contributed by atoms with Crippen LogP contribution < -0.4 is 5.32 Å². The van der Waals surface area contributed by atoms with Gasteiger partial charge < -0.3 is 5.32 Å². The summed E-state index contributed by atoms with van der Waals surface area (Å²) in [4.78, 5) is 3.47. The number of aromatic nitrogens is 1. The van der Waals surface area contributed by atoms with Crippen molar-refractivity contribution in [3.8, 4) is 0 Å². The number of alkyl halides is 3. The summed E-state index contributed by atoms with van der Waals surface area (Å²) in [6.07, 6.45) is -3.27. The van der Waals surface area contributed by atoms with Gasteiger partial charge in [-0.05, 0) is 13.1 Å². The fraction of sp³-hybridized carbons (Fsp3) is 0.444. The van der Waals surface area contributed by atoms with Gasteiger partial charge >= 0.3 is 6.18 Å². The molecule has 0 saturated carbocycles. The van der Waals surface area contributed by atoms with Crippen LogP contribution in [-0.4, -0.2) is 18.2 Å². The highest BCUT2D eigenvalue weighted by atomic mass is 19.4. The van der Waals surface area contributed by atoms with Gasteiger partial charge in [0.1, 0.15) is 5.82 Å². The quantitative estimate of drug-likeness (QED) is 0.794. The van der Waals surface area contributed by atoms with E-state index in [2.05, 4.69) is 10.3 Å². The predicted octanol–water partition coefficient (Wildman–Crippen LogP) is 2.43. The summed E-state index contributed by atoms with van der Waals surface area (Å²) >= 11 is 0. The molecular weight excluding hydrogens is 212 g/mol.